The van der Waals surface area contributed by atoms with Crippen LogP contribution in [0.15, 0.2) is 60.6 Å². The molecule has 9 nitrogen and oxygen atoms in total. The van der Waals surface area contributed by atoms with E-state index in [1.165, 1.54) is 29.4 Å². The molecule has 0 atom stereocenters. The number of nitrogens with zero attached hydrogens (tertiary/aromatic N) is 4. The molecule has 0 bridgehead atoms. The van der Waals surface area contributed by atoms with Crippen molar-refractivity contribution < 1.29 is 27.8 Å². The number of methoxy groups -OCH3 is 1. The molecule has 2 aromatic carbocycles. The predicted molar refractivity (Wildman–Crippen MR) is 160 cm³/mol. The minimum atomic E-state index is -0.887. The van der Waals surface area contributed by atoms with E-state index in [-0.39, 0.29) is 60.8 Å². The van der Waals surface area contributed by atoms with Crippen LogP contribution in [0.4, 0.5) is 8.78 Å². The Morgan fingerprint density at radius 1 is 1.16 bits per heavy atom. The number of aromatic nitrogens is 3. The third kappa shape index (κ3) is 5.23. The van der Waals surface area contributed by atoms with Gasteiger partial charge in [-0.2, -0.15) is 5.10 Å². The Morgan fingerprint density at radius 3 is 2.74 bits per heavy atom. The minimum Gasteiger partial charge on any atom is -0.490 e. The Balaban J connectivity index is 1.54. The Kier molecular flexibility index (Phi) is 7.63. The molecule has 6 rings (SSSR count). The SMILES string of the molecule is C=CC(=O)NC1CN(C(=O)c2nc(-c3ccc4c(cnn4C)c3)c3ccsc3c2-c2c(F)cc(F)cc2OCCOC)C1. The molecule has 5 aromatic rings. The fourth-order valence-corrected chi connectivity index (χ4v) is 6.18. The van der Waals surface area contributed by atoms with E-state index in [2.05, 4.69) is 17.0 Å². The van der Waals surface area contributed by atoms with Crippen LogP contribution < -0.4 is 10.1 Å². The van der Waals surface area contributed by atoms with Gasteiger partial charge in [0.15, 0.2) is 0 Å². The van der Waals surface area contributed by atoms with E-state index in [0.29, 0.717) is 15.8 Å². The first-order valence-corrected chi connectivity index (χ1v) is 14.3. The highest BCUT2D eigenvalue weighted by molar-refractivity contribution is 7.18. The number of ether oxygens (including phenoxy) is 2. The van der Waals surface area contributed by atoms with Crippen molar-refractivity contribution in [3.05, 3.63) is 78.0 Å². The Morgan fingerprint density at radius 2 is 1.98 bits per heavy atom. The van der Waals surface area contributed by atoms with Gasteiger partial charge in [-0.15, -0.1) is 11.3 Å². The van der Waals surface area contributed by atoms with Gasteiger partial charge in [0.1, 0.15) is 29.7 Å². The number of aryl methyl sites for hydroxylation is 1. The minimum absolute atomic E-state index is 0.00756. The lowest BCUT2D eigenvalue weighted by atomic mass is 9.96. The monoisotopic (exact) mass is 603 g/mol. The van der Waals surface area contributed by atoms with Crippen molar-refractivity contribution in [2.24, 2.45) is 7.05 Å². The number of carbonyl (C=O) groups excluding carboxylic acids is 2. The van der Waals surface area contributed by atoms with Crippen LogP contribution in [0.2, 0.25) is 0 Å². The molecular formula is C31H27F2N5O4S. The second-order valence-corrected chi connectivity index (χ2v) is 11.0. The fraction of sp³-hybridized carbons (Fsp3) is 0.226. The lowest BCUT2D eigenvalue weighted by Gasteiger charge is -2.39. The standard InChI is InChI=1S/C31H27F2N5O4S/c1-4-25(39)35-20-15-38(16-20)31(40)29-27(26-22(33)12-19(32)13-24(26)42-9-8-41-3)30-21(7-10-43-30)28(36-29)17-5-6-23-18(11-17)14-34-37(23)2/h4-7,10-14,20H,1,8-9,15-16H2,2-3H3,(H,35,39). The van der Waals surface area contributed by atoms with E-state index in [0.717, 1.165) is 28.6 Å². The van der Waals surface area contributed by atoms with Gasteiger partial charge in [-0.25, -0.2) is 13.8 Å². The summed E-state index contributed by atoms with van der Waals surface area (Å²) in [6.45, 7) is 4.17. The van der Waals surface area contributed by atoms with E-state index in [4.69, 9.17) is 14.5 Å². The lowest BCUT2D eigenvalue weighted by Crippen LogP contribution is -2.60. The number of rotatable bonds is 9. The van der Waals surface area contributed by atoms with Crippen LogP contribution in [-0.2, 0) is 16.6 Å². The van der Waals surface area contributed by atoms with Crippen molar-refractivity contribution in [3.8, 4) is 28.1 Å². The number of fused-ring (bicyclic) bond motifs is 2. The molecule has 0 spiro atoms. The average molecular weight is 604 g/mol. The molecule has 1 N–H and O–H groups in total. The molecule has 1 saturated heterocycles. The zero-order chi connectivity index (χ0) is 30.2. The molecule has 220 valence electrons. The molecule has 43 heavy (non-hydrogen) atoms. The largest absolute Gasteiger partial charge is 0.490 e. The van der Waals surface area contributed by atoms with Gasteiger partial charge >= 0.3 is 0 Å². The second-order valence-electron chi connectivity index (χ2n) is 10.1. The highest BCUT2D eigenvalue weighted by Gasteiger charge is 2.36. The molecule has 0 unspecified atom stereocenters. The van der Waals surface area contributed by atoms with Crippen molar-refractivity contribution in [2.45, 2.75) is 6.04 Å². The first kappa shape index (κ1) is 28.4. The summed E-state index contributed by atoms with van der Waals surface area (Å²) in [6.07, 6.45) is 2.92. The Labute approximate surface area is 249 Å². The quantitative estimate of drug-likeness (QED) is 0.189. The van der Waals surface area contributed by atoms with Gasteiger partial charge < -0.3 is 19.7 Å². The molecular weight excluding hydrogens is 576 g/mol. The molecule has 0 radical (unpaired) electrons. The summed E-state index contributed by atoms with van der Waals surface area (Å²) in [5.74, 6) is -2.56. The lowest BCUT2D eigenvalue weighted by molar-refractivity contribution is -0.118. The molecule has 2 amide bonds. The van der Waals surface area contributed by atoms with Gasteiger partial charge in [0.25, 0.3) is 5.91 Å². The third-order valence-corrected chi connectivity index (χ3v) is 8.28. The topological polar surface area (TPSA) is 98.6 Å². The van der Waals surface area contributed by atoms with Crippen LogP contribution in [-0.4, -0.2) is 70.9 Å². The average Bonchev–Trinajstić information content (AvgIpc) is 3.60. The maximum atomic E-state index is 15.8. The van der Waals surface area contributed by atoms with Crippen molar-refractivity contribution in [3.63, 3.8) is 0 Å². The number of carbonyl (C=O) groups is 2. The molecule has 0 aliphatic carbocycles. The summed E-state index contributed by atoms with van der Waals surface area (Å²) in [5.41, 5.74) is 2.36. The number of likely N-dealkylation sites (tertiary alicyclic amines) is 1. The van der Waals surface area contributed by atoms with E-state index in [9.17, 15) is 14.0 Å². The maximum absolute atomic E-state index is 15.8. The van der Waals surface area contributed by atoms with Crippen molar-refractivity contribution in [2.75, 3.05) is 33.4 Å². The number of hydrogen-bond acceptors (Lipinski definition) is 7. The molecule has 1 aliphatic heterocycles. The molecule has 1 fully saturated rings. The van der Waals surface area contributed by atoms with Gasteiger partial charge in [0.2, 0.25) is 5.91 Å². The number of halogens is 2. The van der Waals surface area contributed by atoms with Gasteiger partial charge in [-0.05, 0) is 29.7 Å². The van der Waals surface area contributed by atoms with Crippen LogP contribution in [0.25, 0.3) is 43.4 Å². The first-order chi connectivity index (χ1) is 20.8. The van der Waals surface area contributed by atoms with Crippen LogP contribution >= 0.6 is 11.3 Å². The summed E-state index contributed by atoms with van der Waals surface area (Å²) >= 11 is 1.32. The number of amides is 2. The molecule has 12 heteroatoms. The maximum Gasteiger partial charge on any atom is 0.273 e. The number of pyridine rings is 1. The highest BCUT2D eigenvalue weighted by Crippen LogP contribution is 2.45. The number of nitrogens with one attached hydrogen (secondary N) is 1. The highest BCUT2D eigenvalue weighted by atomic mass is 32.1. The molecule has 3 aromatic heterocycles. The van der Waals surface area contributed by atoms with E-state index < -0.39 is 17.5 Å². The van der Waals surface area contributed by atoms with Crippen LogP contribution in [0, 0.1) is 11.6 Å². The van der Waals surface area contributed by atoms with E-state index in [1.54, 1.807) is 10.9 Å². The zero-order valence-electron chi connectivity index (χ0n) is 23.4. The smallest absolute Gasteiger partial charge is 0.273 e. The molecule has 4 heterocycles. The van der Waals surface area contributed by atoms with E-state index in [1.807, 2.05) is 36.7 Å². The van der Waals surface area contributed by atoms with Crippen LogP contribution in [0.3, 0.4) is 0 Å². The summed E-state index contributed by atoms with van der Waals surface area (Å²) in [5, 5.41) is 10.5. The van der Waals surface area contributed by atoms with Crippen molar-refractivity contribution >= 4 is 44.1 Å². The number of benzene rings is 2. The number of hydrogen-bond donors (Lipinski definition) is 1. The summed E-state index contributed by atoms with van der Waals surface area (Å²) in [4.78, 5) is 32.3. The molecule has 1 aliphatic rings. The normalized spacial score (nSPS) is 13.3. The number of thiophene rings is 1. The van der Waals surface area contributed by atoms with E-state index >= 15 is 4.39 Å². The predicted octanol–water partition coefficient (Wildman–Crippen LogP) is 4.95. The Hall–Kier alpha value is -4.68. The van der Waals surface area contributed by atoms with Crippen molar-refractivity contribution in [1.29, 1.82) is 0 Å². The zero-order valence-corrected chi connectivity index (χ0v) is 24.2. The summed E-state index contributed by atoms with van der Waals surface area (Å²) in [6, 6.07) is 9.24. The van der Waals surface area contributed by atoms with Gasteiger partial charge in [-0.3, -0.25) is 14.3 Å². The molecule has 0 saturated carbocycles. The second kappa shape index (κ2) is 11.5. The fourth-order valence-electron chi connectivity index (χ4n) is 5.23. The Bertz CT molecular complexity index is 1900. The third-order valence-electron chi connectivity index (χ3n) is 7.34. The van der Waals surface area contributed by atoms with Crippen molar-refractivity contribution in [1.82, 2.24) is 25.0 Å². The van der Waals surface area contributed by atoms with Gasteiger partial charge in [0.05, 0.1) is 35.6 Å². The summed E-state index contributed by atoms with van der Waals surface area (Å²) < 4.78 is 43.4. The van der Waals surface area contributed by atoms with Gasteiger partial charge in [-0.1, -0.05) is 12.6 Å². The van der Waals surface area contributed by atoms with Crippen LogP contribution in [0.5, 0.6) is 5.75 Å². The summed E-state index contributed by atoms with van der Waals surface area (Å²) in [7, 11) is 3.34. The first-order valence-electron chi connectivity index (χ1n) is 13.5. The van der Waals surface area contributed by atoms with Crippen LogP contribution in [0.1, 0.15) is 10.5 Å². The van der Waals surface area contributed by atoms with Gasteiger partial charge in [0, 0.05) is 66.0 Å².